The van der Waals surface area contributed by atoms with Crippen LogP contribution in [0.5, 0.6) is 5.75 Å². The molecule has 0 radical (unpaired) electrons. The van der Waals surface area contributed by atoms with Crippen LogP contribution in [0.2, 0.25) is 5.02 Å². The van der Waals surface area contributed by atoms with E-state index in [1.165, 1.54) is 13.2 Å². The van der Waals surface area contributed by atoms with E-state index in [4.69, 9.17) is 26.8 Å². The molecule has 10 heteroatoms. The maximum atomic E-state index is 12.6. The molecule has 0 saturated carbocycles. The number of nitrogen functional groups attached to an aromatic ring is 1. The number of carbonyl (C=O) groups excluding carboxylic acids is 2. The molecule has 30 heavy (non-hydrogen) atoms. The highest BCUT2D eigenvalue weighted by Gasteiger charge is 2.26. The van der Waals surface area contributed by atoms with Crippen LogP contribution in [0.3, 0.4) is 0 Å². The van der Waals surface area contributed by atoms with Crippen molar-refractivity contribution < 1.29 is 19.1 Å². The predicted octanol–water partition coefficient (Wildman–Crippen LogP) is 0.827. The summed E-state index contributed by atoms with van der Waals surface area (Å²) < 4.78 is 11.1. The number of morpholine rings is 1. The van der Waals surface area contributed by atoms with Crippen molar-refractivity contribution in [2.24, 2.45) is 5.92 Å². The lowest BCUT2D eigenvalue weighted by Crippen LogP contribution is -2.49. The SMILES string of the molecule is BC(=O)N1CCC(CN2CCO[C@@H](CNC(=O)c3cc(Cl)c(N)cc3OC)C2)CC1. The van der Waals surface area contributed by atoms with Gasteiger partial charge in [0, 0.05) is 45.3 Å². The van der Waals surface area contributed by atoms with Gasteiger partial charge in [-0.05, 0) is 24.8 Å². The van der Waals surface area contributed by atoms with E-state index in [2.05, 4.69) is 10.2 Å². The number of carbonyl (C=O) groups is 2. The highest BCUT2D eigenvalue weighted by molar-refractivity contribution is 6.56. The van der Waals surface area contributed by atoms with Gasteiger partial charge in [-0.1, -0.05) is 11.6 Å². The Morgan fingerprint density at radius 2 is 2.07 bits per heavy atom. The quantitative estimate of drug-likeness (QED) is 0.506. The number of nitrogens with zero attached hydrogens (tertiary/aromatic N) is 2. The first kappa shape index (κ1) is 22.7. The standard InChI is InChI=1S/C20H30BClN4O4/c1-29-18-9-17(23)16(22)8-15(18)19(27)24-10-14-12-25(6-7-30-14)11-13-2-4-26(5-3-13)20(21)28/h8-9,13-14H,2-7,10-12,21,23H2,1H3,(H,24,27)/t14-/m0/s1. The number of piperidine rings is 1. The molecule has 2 amide bonds. The molecule has 2 saturated heterocycles. The number of nitrogens with two attached hydrogens (primary N) is 1. The normalized spacial score (nSPS) is 20.7. The van der Waals surface area contributed by atoms with Gasteiger partial charge in [-0.25, -0.2) is 0 Å². The zero-order valence-electron chi connectivity index (χ0n) is 17.7. The Bertz CT molecular complexity index is 773. The summed E-state index contributed by atoms with van der Waals surface area (Å²) >= 11 is 6.06. The Hall–Kier alpha value is -1.97. The summed E-state index contributed by atoms with van der Waals surface area (Å²) in [5.74, 6) is 0.869. The Labute approximate surface area is 183 Å². The average molecular weight is 437 g/mol. The van der Waals surface area contributed by atoms with Crippen LogP contribution in [0.15, 0.2) is 12.1 Å². The van der Waals surface area contributed by atoms with Crippen molar-refractivity contribution in [1.29, 1.82) is 0 Å². The molecule has 1 atom stereocenters. The molecule has 3 N–H and O–H groups in total. The van der Waals surface area contributed by atoms with Crippen LogP contribution in [0.25, 0.3) is 0 Å². The molecule has 2 heterocycles. The van der Waals surface area contributed by atoms with Crippen molar-refractivity contribution in [2.45, 2.75) is 18.9 Å². The van der Waals surface area contributed by atoms with E-state index < -0.39 is 0 Å². The monoisotopic (exact) mass is 436 g/mol. The fourth-order valence-corrected chi connectivity index (χ4v) is 4.25. The molecular weight excluding hydrogens is 407 g/mol. The highest BCUT2D eigenvalue weighted by Crippen LogP contribution is 2.28. The Balaban J connectivity index is 1.48. The van der Waals surface area contributed by atoms with Crippen molar-refractivity contribution in [1.82, 2.24) is 15.1 Å². The molecular formula is C20H30BClN4O4. The Kier molecular flexibility index (Phi) is 7.85. The van der Waals surface area contributed by atoms with Crippen LogP contribution in [-0.2, 0) is 4.74 Å². The van der Waals surface area contributed by atoms with E-state index >= 15 is 0 Å². The van der Waals surface area contributed by atoms with Crippen LogP contribution in [0, 0.1) is 5.92 Å². The first-order chi connectivity index (χ1) is 14.4. The van der Waals surface area contributed by atoms with Gasteiger partial charge in [0.15, 0.2) is 5.81 Å². The largest absolute Gasteiger partial charge is 0.496 e. The number of likely N-dealkylation sites (tertiary alicyclic amines) is 1. The lowest BCUT2D eigenvalue weighted by atomic mass is 9.94. The molecule has 2 aliphatic rings. The van der Waals surface area contributed by atoms with Crippen LogP contribution < -0.4 is 15.8 Å². The summed E-state index contributed by atoms with van der Waals surface area (Å²) in [5.41, 5.74) is 6.50. The number of anilines is 1. The number of amides is 2. The number of hydrogen-bond donors (Lipinski definition) is 2. The van der Waals surface area contributed by atoms with Gasteiger partial charge in [-0.15, -0.1) is 0 Å². The molecule has 0 spiro atoms. The molecule has 164 valence electrons. The fourth-order valence-electron chi connectivity index (χ4n) is 4.08. The fraction of sp³-hybridized carbons (Fsp3) is 0.600. The van der Waals surface area contributed by atoms with Crippen molar-refractivity contribution in [3.63, 3.8) is 0 Å². The number of halogens is 1. The number of rotatable bonds is 6. The molecule has 2 aliphatic heterocycles. The number of nitrogens with one attached hydrogen (secondary N) is 1. The minimum atomic E-state index is -0.272. The Morgan fingerprint density at radius 3 is 2.73 bits per heavy atom. The lowest BCUT2D eigenvalue weighted by Gasteiger charge is -2.38. The van der Waals surface area contributed by atoms with Crippen LogP contribution >= 0.6 is 11.6 Å². The summed E-state index contributed by atoms with van der Waals surface area (Å²) in [4.78, 5) is 28.4. The maximum Gasteiger partial charge on any atom is 0.255 e. The summed E-state index contributed by atoms with van der Waals surface area (Å²) in [7, 11) is 3.12. The summed E-state index contributed by atoms with van der Waals surface area (Å²) in [6.07, 6.45) is 2.00. The van der Waals surface area contributed by atoms with Gasteiger partial charge in [0.05, 0.1) is 36.1 Å². The van der Waals surface area contributed by atoms with E-state index in [1.54, 1.807) is 13.9 Å². The Morgan fingerprint density at radius 1 is 1.33 bits per heavy atom. The molecule has 2 fully saturated rings. The van der Waals surface area contributed by atoms with Crippen molar-refractivity contribution >= 4 is 36.8 Å². The van der Waals surface area contributed by atoms with E-state index in [9.17, 15) is 9.59 Å². The molecule has 0 unspecified atom stereocenters. The van der Waals surface area contributed by atoms with E-state index in [-0.39, 0.29) is 17.8 Å². The van der Waals surface area contributed by atoms with Gasteiger partial charge in [0.25, 0.3) is 5.91 Å². The second kappa shape index (κ2) is 10.4. The second-order valence-electron chi connectivity index (χ2n) is 7.99. The smallest absolute Gasteiger partial charge is 0.255 e. The summed E-state index contributed by atoms with van der Waals surface area (Å²) in [6, 6.07) is 3.07. The van der Waals surface area contributed by atoms with E-state index in [0.29, 0.717) is 41.1 Å². The van der Waals surface area contributed by atoms with Gasteiger partial charge in [0.1, 0.15) is 5.75 Å². The van der Waals surface area contributed by atoms with Crippen LogP contribution in [-0.4, -0.2) is 88.4 Å². The second-order valence-corrected chi connectivity index (χ2v) is 8.39. The molecule has 0 bridgehead atoms. The van der Waals surface area contributed by atoms with Gasteiger partial charge in [0.2, 0.25) is 7.85 Å². The van der Waals surface area contributed by atoms with Gasteiger partial charge >= 0.3 is 0 Å². The third-order valence-electron chi connectivity index (χ3n) is 5.85. The number of methoxy groups -OCH3 is 1. The van der Waals surface area contributed by atoms with E-state index in [1.807, 2.05) is 4.90 Å². The van der Waals surface area contributed by atoms with Crippen LogP contribution in [0.4, 0.5) is 10.5 Å². The molecule has 1 aromatic rings. The number of benzene rings is 1. The zero-order chi connectivity index (χ0) is 21.7. The minimum Gasteiger partial charge on any atom is -0.496 e. The number of hydrogen-bond acceptors (Lipinski definition) is 6. The number of ether oxygens (including phenoxy) is 2. The molecule has 0 aromatic heterocycles. The van der Waals surface area contributed by atoms with Crippen molar-refractivity contribution in [2.75, 3.05) is 58.7 Å². The molecule has 1 aromatic carbocycles. The highest BCUT2D eigenvalue weighted by atomic mass is 35.5. The summed E-state index contributed by atoms with van der Waals surface area (Å²) in [6.45, 7) is 5.39. The first-order valence-electron chi connectivity index (χ1n) is 10.4. The van der Waals surface area contributed by atoms with Gasteiger partial charge < -0.3 is 25.4 Å². The van der Waals surface area contributed by atoms with Crippen molar-refractivity contribution in [3.8, 4) is 5.75 Å². The van der Waals surface area contributed by atoms with Crippen LogP contribution in [0.1, 0.15) is 23.2 Å². The molecule has 0 aliphatic carbocycles. The average Bonchev–Trinajstić information content (AvgIpc) is 2.74. The topological polar surface area (TPSA) is 97.1 Å². The third kappa shape index (κ3) is 5.80. The van der Waals surface area contributed by atoms with E-state index in [0.717, 1.165) is 45.6 Å². The summed E-state index contributed by atoms with van der Waals surface area (Å²) in [5, 5.41) is 3.23. The zero-order valence-corrected chi connectivity index (χ0v) is 18.4. The molecule has 8 nitrogen and oxygen atoms in total. The third-order valence-corrected chi connectivity index (χ3v) is 6.18. The maximum absolute atomic E-state index is 12.6. The molecule has 3 rings (SSSR count). The first-order valence-corrected chi connectivity index (χ1v) is 10.8. The lowest BCUT2D eigenvalue weighted by molar-refractivity contribution is -0.0329. The predicted molar refractivity (Wildman–Crippen MR) is 119 cm³/mol. The van der Waals surface area contributed by atoms with Gasteiger partial charge in [-0.3, -0.25) is 14.5 Å². The minimum absolute atomic E-state index is 0.0738. The van der Waals surface area contributed by atoms with Crippen molar-refractivity contribution in [3.05, 3.63) is 22.7 Å². The van der Waals surface area contributed by atoms with Gasteiger partial charge in [-0.2, -0.15) is 0 Å².